The Kier molecular flexibility index (Phi) is 6.15. The molecule has 0 fully saturated rings. The number of aromatic nitrogens is 1. The lowest BCUT2D eigenvalue weighted by atomic mass is 9.94. The van der Waals surface area contributed by atoms with Crippen LogP contribution in [0.15, 0.2) is 76.4 Å². The van der Waals surface area contributed by atoms with Crippen LogP contribution in [0.4, 0.5) is 4.39 Å². The zero-order chi connectivity index (χ0) is 22.0. The van der Waals surface area contributed by atoms with Crippen LogP contribution in [0.1, 0.15) is 42.1 Å². The van der Waals surface area contributed by atoms with E-state index in [0.29, 0.717) is 27.7 Å². The first kappa shape index (κ1) is 21.2. The molecule has 0 saturated heterocycles. The minimum absolute atomic E-state index is 0.206. The number of hydrogen-bond donors (Lipinski definition) is 2. The highest BCUT2D eigenvalue weighted by atomic mass is 35.5. The molecule has 158 valence electrons. The number of benzene rings is 2. The van der Waals surface area contributed by atoms with E-state index in [0.717, 1.165) is 5.56 Å². The van der Waals surface area contributed by atoms with Gasteiger partial charge in [-0.25, -0.2) is 9.37 Å². The second-order valence-electron chi connectivity index (χ2n) is 7.15. The van der Waals surface area contributed by atoms with E-state index >= 15 is 0 Å². The van der Waals surface area contributed by atoms with Crippen molar-refractivity contribution in [1.29, 1.82) is 0 Å². The van der Waals surface area contributed by atoms with E-state index < -0.39 is 11.9 Å². The third kappa shape index (κ3) is 4.52. The fourth-order valence-corrected chi connectivity index (χ4v) is 4.33. The number of carbonyl (C=O) groups is 1. The number of nitrogens with zero attached hydrogens (tertiary/aromatic N) is 2. The molecule has 2 heterocycles. The second-order valence-corrected chi connectivity index (χ2v) is 8.45. The van der Waals surface area contributed by atoms with E-state index in [1.807, 2.05) is 49.6 Å². The number of amides is 1. The molecular weight excluding hydrogens is 435 g/mol. The molecule has 0 bridgehead atoms. The van der Waals surface area contributed by atoms with Gasteiger partial charge in [-0.05, 0) is 31.5 Å². The maximum Gasteiger partial charge on any atom is 0.251 e. The number of rotatable bonds is 5. The van der Waals surface area contributed by atoms with Gasteiger partial charge in [0.1, 0.15) is 11.9 Å². The molecule has 2 N–H and O–H groups in total. The molecule has 0 aliphatic carbocycles. The number of halogens is 2. The summed E-state index contributed by atoms with van der Waals surface area (Å²) in [6.45, 7) is 3.73. The van der Waals surface area contributed by atoms with E-state index in [4.69, 9.17) is 16.6 Å². The van der Waals surface area contributed by atoms with Crippen LogP contribution in [-0.2, 0) is 4.79 Å². The van der Waals surface area contributed by atoms with E-state index in [9.17, 15) is 9.18 Å². The van der Waals surface area contributed by atoms with Crippen molar-refractivity contribution in [2.45, 2.75) is 25.9 Å². The Bertz CT molecular complexity index is 1160. The maximum absolute atomic E-state index is 13.7. The van der Waals surface area contributed by atoms with Gasteiger partial charge in [-0.15, -0.1) is 11.3 Å². The van der Waals surface area contributed by atoms with Crippen molar-refractivity contribution in [2.24, 2.45) is 4.99 Å². The minimum atomic E-state index is -0.698. The number of allylic oxidation sites excluding steroid dienone is 1. The van der Waals surface area contributed by atoms with E-state index in [1.165, 1.54) is 23.5 Å². The Morgan fingerprint density at radius 2 is 2.03 bits per heavy atom. The summed E-state index contributed by atoms with van der Waals surface area (Å²) >= 11 is 7.79. The maximum atomic E-state index is 13.7. The smallest absolute Gasteiger partial charge is 0.251 e. The summed E-state index contributed by atoms with van der Waals surface area (Å²) in [4.78, 5) is 22.4. The van der Waals surface area contributed by atoms with Gasteiger partial charge in [0.05, 0.1) is 11.6 Å². The number of aliphatic imine (C=N–C) groups is 1. The summed E-state index contributed by atoms with van der Waals surface area (Å²) in [5.41, 5.74) is 2.61. The molecule has 1 aliphatic heterocycles. The SMILES string of the molecule is CC1=C(C(=O)N[C@H](C)c2ccccc2)[C@H](c2ccc(F)cc2Cl)N=C(c2nccs2)N1. The molecular formula is C23H20ClFN4OS. The highest BCUT2D eigenvalue weighted by molar-refractivity contribution is 7.11. The van der Waals surface area contributed by atoms with Gasteiger partial charge in [-0.1, -0.05) is 48.0 Å². The summed E-state index contributed by atoms with van der Waals surface area (Å²) in [5.74, 6) is -0.171. The normalized spacial score (nSPS) is 17.0. The first-order chi connectivity index (χ1) is 14.9. The molecule has 2 atom stereocenters. The van der Waals surface area contributed by atoms with Gasteiger partial charge in [-0.3, -0.25) is 9.79 Å². The average Bonchev–Trinajstić information content (AvgIpc) is 3.28. The molecule has 2 aromatic carbocycles. The van der Waals surface area contributed by atoms with Crippen LogP contribution >= 0.6 is 22.9 Å². The zero-order valence-corrected chi connectivity index (χ0v) is 18.5. The van der Waals surface area contributed by atoms with Crippen LogP contribution < -0.4 is 10.6 Å². The Morgan fingerprint density at radius 3 is 2.71 bits per heavy atom. The van der Waals surface area contributed by atoms with Crippen molar-refractivity contribution in [3.63, 3.8) is 0 Å². The Morgan fingerprint density at radius 1 is 1.26 bits per heavy atom. The van der Waals surface area contributed by atoms with Crippen molar-refractivity contribution in [1.82, 2.24) is 15.6 Å². The summed E-state index contributed by atoms with van der Waals surface area (Å²) in [5, 5.41) is 8.99. The molecule has 31 heavy (non-hydrogen) atoms. The highest BCUT2D eigenvalue weighted by Gasteiger charge is 2.32. The van der Waals surface area contributed by atoms with Gasteiger partial charge in [0.25, 0.3) is 5.91 Å². The predicted octanol–water partition coefficient (Wildman–Crippen LogP) is 5.18. The average molecular weight is 455 g/mol. The van der Waals surface area contributed by atoms with E-state index in [-0.39, 0.29) is 17.0 Å². The molecule has 1 aliphatic rings. The summed E-state index contributed by atoms with van der Waals surface area (Å²) in [6.07, 6.45) is 1.69. The van der Waals surface area contributed by atoms with Crippen LogP contribution in [0.2, 0.25) is 5.02 Å². The number of hydrogen-bond acceptors (Lipinski definition) is 5. The van der Waals surface area contributed by atoms with Crippen molar-refractivity contribution in [2.75, 3.05) is 0 Å². The fourth-order valence-electron chi connectivity index (χ4n) is 3.47. The number of nitrogens with one attached hydrogen (secondary N) is 2. The number of carbonyl (C=O) groups excluding carboxylic acids is 1. The lowest BCUT2D eigenvalue weighted by molar-refractivity contribution is -0.118. The van der Waals surface area contributed by atoms with Crippen molar-refractivity contribution in [3.8, 4) is 0 Å². The van der Waals surface area contributed by atoms with Crippen LogP contribution in [-0.4, -0.2) is 16.7 Å². The van der Waals surface area contributed by atoms with Crippen LogP contribution in [0.3, 0.4) is 0 Å². The van der Waals surface area contributed by atoms with Gasteiger partial charge < -0.3 is 10.6 Å². The van der Waals surface area contributed by atoms with Gasteiger partial charge in [0, 0.05) is 27.9 Å². The van der Waals surface area contributed by atoms with Crippen molar-refractivity contribution >= 4 is 34.7 Å². The summed E-state index contributed by atoms with van der Waals surface area (Å²) < 4.78 is 13.7. The molecule has 3 aromatic rings. The monoisotopic (exact) mass is 454 g/mol. The Balaban J connectivity index is 1.72. The topological polar surface area (TPSA) is 66.4 Å². The summed E-state index contributed by atoms with van der Waals surface area (Å²) in [6, 6.07) is 12.9. The highest BCUT2D eigenvalue weighted by Crippen LogP contribution is 2.36. The molecule has 0 saturated carbocycles. The lowest BCUT2D eigenvalue weighted by Gasteiger charge is -2.27. The summed E-state index contributed by atoms with van der Waals surface area (Å²) in [7, 11) is 0. The van der Waals surface area contributed by atoms with Crippen LogP contribution in [0.5, 0.6) is 0 Å². The third-order valence-electron chi connectivity index (χ3n) is 5.03. The number of amidine groups is 1. The Labute approximate surface area is 188 Å². The lowest BCUT2D eigenvalue weighted by Crippen LogP contribution is -2.37. The molecule has 4 rings (SSSR count). The predicted molar refractivity (Wildman–Crippen MR) is 122 cm³/mol. The minimum Gasteiger partial charge on any atom is -0.346 e. The quantitative estimate of drug-likeness (QED) is 0.558. The fraction of sp³-hybridized carbons (Fsp3) is 0.174. The van der Waals surface area contributed by atoms with Crippen molar-refractivity contribution in [3.05, 3.63) is 98.4 Å². The van der Waals surface area contributed by atoms with E-state index in [2.05, 4.69) is 15.6 Å². The molecule has 0 unspecified atom stereocenters. The Hall–Kier alpha value is -3.03. The standard InChI is InChI=1S/C23H20ClFN4OS/c1-13(15-6-4-3-5-7-15)28-22(30)19-14(2)27-21(23-26-10-11-31-23)29-20(19)17-9-8-16(25)12-18(17)24/h3-13,20H,1-2H3,(H,27,29)(H,28,30)/t13-,20+/m1/s1. The molecule has 8 heteroatoms. The number of thiazole rings is 1. The van der Waals surface area contributed by atoms with Crippen LogP contribution in [0, 0.1) is 5.82 Å². The molecule has 5 nitrogen and oxygen atoms in total. The van der Waals surface area contributed by atoms with Crippen molar-refractivity contribution < 1.29 is 9.18 Å². The molecule has 1 amide bonds. The van der Waals surface area contributed by atoms with Gasteiger partial charge >= 0.3 is 0 Å². The zero-order valence-electron chi connectivity index (χ0n) is 16.9. The van der Waals surface area contributed by atoms with E-state index in [1.54, 1.807) is 12.3 Å². The van der Waals surface area contributed by atoms with Crippen LogP contribution in [0.25, 0.3) is 0 Å². The third-order valence-corrected chi connectivity index (χ3v) is 6.13. The first-order valence-corrected chi connectivity index (χ1v) is 11.0. The molecule has 0 spiro atoms. The van der Waals surface area contributed by atoms with Gasteiger partial charge in [0.15, 0.2) is 10.8 Å². The molecule has 0 radical (unpaired) electrons. The first-order valence-electron chi connectivity index (χ1n) is 9.70. The second kappa shape index (κ2) is 8.99. The van der Waals surface area contributed by atoms with Gasteiger partial charge in [0.2, 0.25) is 0 Å². The largest absolute Gasteiger partial charge is 0.346 e. The van der Waals surface area contributed by atoms with Gasteiger partial charge in [-0.2, -0.15) is 0 Å². The molecule has 1 aromatic heterocycles.